The van der Waals surface area contributed by atoms with Crippen LogP contribution in [-0.2, 0) is 13.0 Å². The molecule has 0 radical (unpaired) electrons. The van der Waals surface area contributed by atoms with Crippen molar-refractivity contribution in [3.8, 4) is 0 Å². The maximum absolute atomic E-state index is 13.8. The molecular weight excluding hydrogens is 401 g/mol. The number of hydrogen-bond acceptors (Lipinski definition) is 2. The second-order valence-electron chi connectivity index (χ2n) is 8.34. The van der Waals surface area contributed by atoms with Crippen molar-refractivity contribution < 1.29 is 9.18 Å². The number of fused-ring (bicyclic) bond motifs is 1. The van der Waals surface area contributed by atoms with Gasteiger partial charge in [0.05, 0.1) is 16.6 Å². The highest BCUT2D eigenvalue weighted by Crippen LogP contribution is 2.21. The Morgan fingerprint density at radius 1 is 1.00 bits per heavy atom. The predicted molar refractivity (Wildman–Crippen MR) is 126 cm³/mol. The van der Waals surface area contributed by atoms with Crippen molar-refractivity contribution in [3.63, 3.8) is 0 Å². The molecule has 1 N–H and O–H groups in total. The first-order chi connectivity index (χ1) is 15.5. The molecule has 32 heavy (non-hydrogen) atoms. The first-order valence-corrected chi connectivity index (χ1v) is 11.1. The van der Waals surface area contributed by atoms with E-state index in [-0.39, 0.29) is 11.5 Å². The van der Waals surface area contributed by atoms with Crippen LogP contribution in [0, 0.1) is 5.82 Å². The molecule has 0 saturated heterocycles. The molecule has 1 heterocycles. The number of imidazole rings is 1. The number of rotatable bonds is 8. The molecule has 1 aromatic heterocycles. The van der Waals surface area contributed by atoms with E-state index in [0.29, 0.717) is 12.5 Å². The molecule has 164 valence electrons. The molecular formula is C27H28FN3O. The maximum atomic E-state index is 13.8. The van der Waals surface area contributed by atoms with Crippen LogP contribution in [0.3, 0.4) is 0 Å². The molecule has 0 unspecified atom stereocenters. The molecule has 5 heteroatoms. The monoisotopic (exact) mass is 429 g/mol. The van der Waals surface area contributed by atoms with Gasteiger partial charge in [0.25, 0.3) is 5.91 Å². The summed E-state index contributed by atoms with van der Waals surface area (Å²) in [6, 6.07) is 22.9. The molecule has 0 bridgehead atoms. The number of carbonyl (C=O) groups excluding carboxylic acids is 1. The zero-order chi connectivity index (χ0) is 22.5. The SMILES string of the molecule is CC(C)c1ccc(Cn2c(CCCNC(=O)c3ccccc3F)nc3ccccc32)cc1. The van der Waals surface area contributed by atoms with Crippen molar-refractivity contribution in [2.45, 2.75) is 39.2 Å². The van der Waals surface area contributed by atoms with Crippen molar-refractivity contribution in [2.75, 3.05) is 6.54 Å². The molecule has 0 saturated carbocycles. The van der Waals surface area contributed by atoms with Crippen LogP contribution < -0.4 is 5.32 Å². The number of para-hydroxylation sites is 2. The van der Waals surface area contributed by atoms with Crippen LogP contribution in [0.15, 0.2) is 72.8 Å². The molecule has 0 spiro atoms. The summed E-state index contributed by atoms with van der Waals surface area (Å²) in [6.07, 6.45) is 1.44. The van der Waals surface area contributed by atoms with Gasteiger partial charge in [-0.2, -0.15) is 0 Å². The topological polar surface area (TPSA) is 46.9 Å². The van der Waals surface area contributed by atoms with Crippen molar-refractivity contribution in [1.82, 2.24) is 14.9 Å². The summed E-state index contributed by atoms with van der Waals surface area (Å²) in [4.78, 5) is 17.1. The van der Waals surface area contributed by atoms with E-state index >= 15 is 0 Å². The van der Waals surface area contributed by atoms with Gasteiger partial charge in [-0.3, -0.25) is 4.79 Å². The van der Waals surface area contributed by atoms with Gasteiger partial charge in [0.1, 0.15) is 11.6 Å². The van der Waals surface area contributed by atoms with Crippen LogP contribution in [0.5, 0.6) is 0 Å². The van der Waals surface area contributed by atoms with E-state index in [1.807, 2.05) is 18.2 Å². The number of aromatic nitrogens is 2. The smallest absolute Gasteiger partial charge is 0.254 e. The van der Waals surface area contributed by atoms with E-state index in [2.05, 4.69) is 54.1 Å². The number of carbonyl (C=O) groups is 1. The number of aryl methyl sites for hydroxylation is 1. The van der Waals surface area contributed by atoms with E-state index in [1.54, 1.807) is 12.1 Å². The van der Waals surface area contributed by atoms with Gasteiger partial charge >= 0.3 is 0 Å². The summed E-state index contributed by atoms with van der Waals surface area (Å²) in [7, 11) is 0. The number of halogens is 1. The Morgan fingerprint density at radius 3 is 2.47 bits per heavy atom. The van der Waals surface area contributed by atoms with Gasteiger partial charge in [0.15, 0.2) is 0 Å². The summed E-state index contributed by atoms with van der Waals surface area (Å²) in [5.41, 5.74) is 4.70. The lowest BCUT2D eigenvalue weighted by molar-refractivity contribution is 0.0949. The first-order valence-electron chi connectivity index (χ1n) is 11.1. The first kappa shape index (κ1) is 21.8. The average Bonchev–Trinajstić information content (AvgIpc) is 3.14. The Bertz CT molecular complexity index is 1210. The highest BCUT2D eigenvalue weighted by Gasteiger charge is 2.13. The number of nitrogens with one attached hydrogen (secondary N) is 1. The molecule has 0 aliphatic heterocycles. The quantitative estimate of drug-likeness (QED) is 0.365. The van der Waals surface area contributed by atoms with Crippen LogP contribution >= 0.6 is 0 Å². The van der Waals surface area contributed by atoms with Crippen LogP contribution in [0.1, 0.15) is 53.5 Å². The average molecular weight is 430 g/mol. The summed E-state index contributed by atoms with van der Waals surface area (Å²) in [5.74, 6) is 0.602. The van der Waals surface area contributed by atoms with Gasteiger partial charge in [0, 0.05) is 19.5 Å². The fourth-order valence-electron chi connectivity index (χ4n) is 3.87. The van der Waals surface area contributed by atoms with Gasteiger partial charge in [-0.15, -0.1) is 0 Å². The Labute approximate surface area is 188 Å². The molecule has 0 atom stereocenters. The van der Waals surface area contributed by atoms with Gasteiger partial charge in [-0.1, -0.05) is 62.4 Å². The fraction of sp³-hybridized carbons (Fsp3) is 0.259. The van der Waals surface area contributed by atoms with Gasteiger partial charge in [0.2, 0.25) is 0 Å². The third-order valence-corrected chi connectivity index (χ3v) is 5.70. The molecule has 4 nitrogen and oxygen atoms in total. The van der Waals surface area contributed by atoms with Crippen LogP contribution in [0.2, 0.25) is 0 Å². The second-order valence-corrected chi connectivity index (χ2v) is 8.34. The number of amides is 1. The Balaban J connectivity index is 1.45. The van der Waals surface area contributed by atoms with Gasteiger partial charge in [-0.05, 0) is 47.7 Å². The molecule has 0 fully saturated rings. The Morgan fingerprint density at radius 2 is 1.72 bits per heavy atom. The number of benzene rings is 3. The summed E-state index contributed by atoms with van der Waals surface area (Å²) >= 11 is 0. The highest BCUT2D eigenvalue weighted by molar-refractivity contribution is 5.94. The minimum absolute atomic E-state index is 0.0737. The zero-order valence-electron chi connectivity index (χ0n) is 18.5. The number of hydrogen-bond donors (Lipinski definition) is 1. The lowest BCUT2D eigenvalue weighted by Gasteiger charge is -2.12. The van der Waals surface area contributed by atoms with Crippen molar-refractivity contribution in [3.05, 3.63) is 101 Å². The lowest BCUT2D eigenvalue weighted by atomic mass is 10.0. The normalized spacial score (nSPS) is 11.2. The molecule has 4 rings (SSSR count). The molecule has 4 aromatic rings. The van der Waals surface area contributed by atoms with E-state index in [4.69, 9.17) is 4.98 Å². The van der Waals surface area contributed by atoms with Gasteiger partial charge < -0.3 is 9.88 Å². The van der Waals surface area contributed by atoms with Crippen molar-refractivity contribution >= 4 is 16.9 Å². The summed E-state index contributed by atoms with van der Waals surface area (Å²) < 4.78 is 16.0. The minimum Gasteiger partial charge on any atom is -0.352 e. The molecule has 0 aliphatic carbocycles. The third-order valence-electron chi connectivity index (χ3n) is 5.70. The predicted octanol–water partition coefficient (Wildman–Crippen LogP) is 5.71. The maximum Gasteiger partial charge on any atom is 0.254 e. The standard InChI is InChI=1S/C27H28FN3O/c1-19(2)21-15-13-20(14-16-21)18-31-25-11-6-5-10-24(25)30-26(31)12-7-17-29-27(32)22-8-3-4-9-23(22)28/h3-6,8-11,13-16,19H,7,12,17-18H2,1-2H3,(H,29,32). The van der Waals surface area contributed by atoms with Crippen molar-refractivity contribution in [2.24, 2.45) is 0 Å². The van der Waals surface area contributed by atoms with E-state index < -0.39 is 5.82 Å². The molecule has 3 aromatic carbocycles. The van der Waals surface area contributed by atoms with E-state index in [9.17, 15) is 9.18 Å². The van der Waals surface area contributed by atoms with Crippen LogP contribution in [-0.4, -0.2) is 22.0 Å². The number of nitrogens with zero attached hydrogens (tertiary/aromatic N) is 2. The third kappa shape index (κ3) is 4.88. The minimum atomic E-state index is -0.504. The molecule has 1 amide bonds. The van der Waals surface area contributed by atoms with E-state index in [0.717, 1.165) is 36.2 Å². The largest absolute Gasteiger partial charge is 0.352 e. The fourth-order valence-corrected chi connectivity index (χ4v) is 3.87. The second kappa shape index (κ2) is 9.77. The summed E-state index contributed by atoms with van der Waals surface area (Å²) in [6.45, 7) is 5.60. The zero-order valence-corrected chi connectivity index (χ0v) is 18.5. The van der Waals surface area contributed by atoms with Crippen LogP contribution in [0.4, 0.5) is 4.39 Å². The summed E-state index contributed by atoms with van der Waals surface area (Å²) in [5, 5.41) is 2.81. The lowest BCUT2D eigenvalue weighted by Crippen LogP contribution is -2.25. The van der Waals surface area contributed by atoms with Crippen LogP contribution in [0.25, 0.3) is 11.0 Å². The Kier molecular flexibility index (Phi) is 6.64. The van der Waals surface area contributed by atoms with Crippen molar-refractivity contribution in [1.29, 1.82) is 0 Å². The highest BCUT2D eigenvalue weighted by atomic mass is 19.1. The van der Waals surface area contributed by atoms with E-state index in [1.165, 1.54) is 23.3 Å². The molecule has 0 aliphatic rings. The Hall–Kier alpha value is -3.47. The van der Waals surface area contributed by atoms with Gasteiger partial charge in [-0.25, -0.2) is 9.37 Å².